The maximum atomic E-state index is 13.3. The van der Waals surface area contributed by atoms with E-state index in [2.05, 4.69) is 0 Å². The molecule has 1 fully saturated rings. The van der Waals surface area contributed by atoms with Crippen LogP contribution < -0.4 is 10.6 Å². The maximum Gasteiger partial charge on any atom is 0.239 e. The van der Waals surface area contributed by atoms with E-state index in [1.807, 2.05) is 46.2 Å². The standard InChI is InChI=1S/C19H19FN4O/c20-16-6-7-17(15(12-16)13-21)23-8-10-24(11-9-23)18(19(22)25)14-4-2-1-3-5-14/h1-7,12,18H,8-11H2,(H2,22,25)/t18-/m1/s1. The van der Waals surface area contributed by atoms with E-state index >= 15 is 0 Å². The van der Waals surface area contributed by atoms with Crippen LogP contribution >= 0.6 is 0 Å². The summed E-state index contributed by atoms with van der Waals surface area (Å²) in [5, 5.41) is 9.22. The Kier molecular flexibility index (Phi) is 4.96. The number of piperazine rings is 1. The number of anilines is 1. The van der Waals surface area contributed by atoms with E-state index < -0.39 is 11.9 Å². The number of hydrogen-bond donors (Lipinski definition) is 1. The van der Waals surface area contributed by atoms with Crippen molar-refractivity contribution in [1.29, 1.82) is 5.26 Å². The molecule has 128 valence electrons. The van der Waals surface area contributed by atoms with Crippen LogP contribution in [0.2, 0.25) is 0 Å². The van der Waals surface area contributed by atoms with Crippen molar-refractivity contribution in [3.05, 3.63) is 65.5 Å². The summed E-state index contributed by atoms with van der Waals surface area (Å²) in [7, 11) is 0. The lowest BCUT2D eigenvalue weighted by atomic mass is 10.0. The van der Waals surface area contributed by atoms with Gasteiger partial charge in [0.2, 0.25) is 5.91 Å². The zero-order chi connectivity index (χ0) is 17.8. The first-order chi connectivity index (χ1) is 12.1. The highest BCUT2D eigenvalue weighted by atomic mass is 19.1. The second kappa shape index (κ2) is 7.32. The van der Waals surface area contributed by atoms with Crippen LogP contribution in [0.25, 0.3) is 0 Å². The highest BCUT2D eigenvalue weighted by Gasteiger charge is 2.29. The Balaban J connectivity index is 1.75. The number of nitrogens with two attached hydrogens (primary N) is 1. The second-order valence-corrected chi connectivity index (χ2v) is 6.01. The molecule has 6 heteroatoms. The van der Waals surface area contributed by atoms with Crippen LogP contribution in [0.5, 0.6) is 0 Å². The van der Waals surface area contributed by atoms with Crippen LogP contribution in [0.15, 0.2) is 48.5 Å². The molecular weight excluding hydrogens is 319 g/mol. The Labute approximate surface area is 146 Å². The van der Waals surface area contributed by atoms with Crippen molar-refractivity contribution in [3.63, 3.8) is 0 Å². The smallest absolute Gasteiger partial charge is 0.239 e. The van der Waals surface area contributed by atoms with Gasteiger partial charge in [0.1, 0.15) is 17.9 Å². The summed E-state index contributed by atoms with van der Waals surface area (Å²) in [5.41, 5.74) is 7.55. The van der Waals surface area contributed by atoms with Crippen LogP contribution in [0.3, 0.4) is 0 Å². The van der Waals surface area contributed by atoms with Crippen molar-refractivity contribution >= 4 is 11.6 Å². The van der Waals surface area contributed by atoms with Gasteiger partial charge in [-0.25, -0.2) is 4.39 Å². The first-order valence-corrected chi connectivity index (χ1v) is 8.13. The normalized spacial score (nSPS) is 16.2. The molecule has 1 heterocycles. The summed E-state index contributed by atoms with van der Waals surface area (Å²) in [6.45, 7) is 2.53. The van der Waals surface area contributed by atoms with Gasteiger partial charge in [-0.1, -0.05) is 30.3 Å². The van der Waals surface area contributed by atoms with E-state index in [4.69, 9.17) is 5.73 Å². The molecule has 0 unspecified atom stereocenters. The van der Waals surface area contributed by atoms with Crippen LogP contribution in [0, 0.1) is 17.1 Å². The summed E-state index contributed by atoms with van der Waals surface area (Å²) in [6.07, 6.45) is 0. The van der Waals surface area contributed by atoms with Crippen molar-refractivity contribution < 1.29 is 9.18 Å². The lowest BCUT2D eigenvalue weighted by molar-refractivity contribution is -0.123. The van der Waals surface area contributed by atoms with Crippen molar-refractivity contribution in [3.8, 4) is 6.07 Å². The molecular formula is C19H19FN4O. The third-order valence-electron chi connectivity index (χ3n) is 4.48. The number of carbonyl (C=O) groups is 1. The summed E-state index contributed by atoms with van der Waals surface area (Å²) in [4.78, 5) is 16.1. The molecule has 0 aromatic heterocycles. The third kappa shape index (κ3) is 3.62. The van der Waals surface area contributed by atoms with Gasteiger partial charge in [-0.05, 0) is 23.8 Å². The molecule has 1 amide bonds. The Morgan fingerprint density at radius 2 is 1.80 bits per heavy atom. The van der Waals surface area contributed by atoms with Gasteiger partial charge in [0.05, 0.1) is 11.3 Å². The van der Waals surface area contributed by atoms with Gasteiger partial charge < -0.3 is 10.6 Å². The van der Waals surface area contributed by atoms with Gasteiger partial charge >= 0.3 is 0 Å². The zero-order valence-corrected chi connectivity index (χ0v) is 13.7. The minimum absolute atomic E-state index is 0.322. The molecule has 0 saturated carbocycles. The quantitative estimate of drug-likeness (QED) is 0.926. The SMILES string of the molecule is N#Cc1cc(F)ccc1N1CCN([C@@H](C(N)=O)c2ccccc2)CC1. The lowest BCUT2D eigenvalue weighted by Crippen LogP contribution is -2.50. The zero-order valence-electron chi connectivity index (χ0n) is 13.7. The number of amides is 1. The minimum Gasteiger partial charge on any atom is -0.368 e. The predicted octanol–water partition coefficient (Wildman–Crippen LogP) is 2.05. The van der Waals surface area contributed by atoms with Crippen LogP contribution in [0.4, 0.5) is 10.1 Å². The highest BCUT2D eigenvalue weighted by Crippen LogP contribution is 2.26. The monoisotopic (exact) mass is 338 g/mol. The van der Waals surface area contributed by atoms with E-state index in [9.17, 15) is 14.4 Å². The topological polar surface area (TPSA) is 73.4 Å². The fraction of sp³-hybridized carbons (Fsp3) is 0.263. The molecule has 0 bridgehead atoms. The molecule has 0 aliphatic carbocycles. The Morgan fingerprint density at radius 1 is 1.12 bits per heavy atom. The lowest BCUT2D eigenvalue weighted by Gasteiger charge is -2.39. The number of benzene rings is 2. The van der Waals surface area contributed by atoms with Crippen LogP contribution in [0.1, 0.15) is 17.2 Å². The second-order valence-electron chi connectivity index (χ2n) is 6.01. The number of hydrogen-bond acceptors (Lipinski definition) is 4. The molecule has 0 radical (unpaired) electrons. The predicted molar refractivity (Wildman–Crippen MR) is 93.3 cm³/mol. The van der Waals surface area contributed by atoms with Crippen molar-refractivity contribution in [2.24, 2.45) is 5.73 Å². The van der Waals surface area contributed by atoms with E-state index in [0.717, 1.165) is 11.3 Å². The highest BCUT2D eigenvalue weighted by molar-refractivity contribution is 5.81. The summed E-state index contributed by atoms with van der Waals surface area (Å²) in [5.74, 6) is -0.795. The largest absolute Gasteiger partial charge is 0.368 e. The van der Waals surface area contributed by atoms with Crippen molar-refractivity contribution in [2.45, 2.75) is 6.04 Å². The molecule has 1 saturated heterocycles. The van der Waals surface area contributed by atoms with Gasteiger partial charge in [0.15, 0.2) is 0 Å². The van der Waals surface area contributed by atoms with Gasteiger partial charge in [0, 0.05) is 26.2 Å². The summed E-state index contributed by atoms with van der Waals surface area (Å²) in [6, 6.07) is 15.3. The number of rotatable bonds is 4. The summed E-state index contributed by atoms with van der Waals surface area (Å²) >= 11 is 0. The fourth-order valence-corrected chi connectivity index (χ4v) is 3.28. The van der Waals surface area contributed by atoms with Gasteiger partial charge in [-0.3, -0.25) is 9.69 Å². The van der Waals surface area contributed by atoms with Crippen LogP contribution in [-0.4, -0.2) is 37.0 Å². The first-order valence-electron chi connectivity index (χ1n) is 8.13. The number of halogens is 1. The first kappa shape index (κ1) is 16.9. The minimum atomic E-state index is -0.466. The molecule has 5 nitrogen and oxygen atoms in total. The average Bonchev–Trinajstić information content (AvgIpc) is 2.63. The number of primary amides is 1. The Bertz CT molecular complexity index is 795. The Morgan fingerprint density at radius 3 is 2.40 bits per heavy atom. The summed E-state index contributed by atoms with van der Waals surface area (Å²) < 4.78 is 13.3. The molecule has 1 atom stereocenters. The molecule has 3 rings (SSSR count). The van der Waals surface area contributed by atoms with Gasteiger partial charge in [0.25, 0.3) is 0 Å². The molecule has 2 aromatic carbocycles. The van der Waals surface area contributed by atoms with Gasteiger partial charge in [-0.15, -0.1) is 0 Å². The van der Waals surface area contributed by atoms with E-state index in [-0.39, 0.29) is 5.91 Å². The van der Waals surface area contributed by atoms with E-state index in [1.165, 1.54) is 12.1 Å². The number of carbonyl (C=O) groups excluding carboxylic acids is 1. The molecule has 0 spiro atoms. The van der Waals surface area contributed by atoms with Crippen molar-refractivity contribution in [2.75, 3.05) is 31.1 Å². The molecule has 1 aliphatic heterocycles. The van der Waals surface area contributed by atoms with E-state index in [0.29, 0.717) is 31.7 Å². The molecule has 25 heavy (non-hydrogen) atoms. The molecule has 2 aromatic rings. The van der Waals surface area contributed by atoms with Crippen molar-refractivity contribution in [1.82, 2.24) is 4.90 Å². The van der Waals surface area contributed by atoms with E-state index in [1.54, 1.807) is 6.07 Å². The number of nitrogens with zero attached hydrogens (tertiary/aromatic N) is 3. The maximum absolute atomic E-state index is 13.3. The average molecular weight is 338 g/mol. The molecule has 1 aliphatic rings. The number of nitriles is 1. The fourth-order valence-electron chi connectivity index (χ4n) is 3.28. The Hall–Kier alpha value is -2.91. The van der Waals surface area contributed by atoms with Crippen LogP contribution in [-0.2, 0) is 4.79 Å². The molecule has 2 N–H and O–H groups in total. The van der Waals surface area contributed by atoms with Gasteiger partial charge in [-0.2, -0.15) is 5.26 Å². The third-order valence-corrected chi connectivity index (χ3v) is 4.48.